The van der Waals surface area contributed by atoms with Crippen molar-refractivity contribution in [2.45, 2.75) is 110 Å². The van der Waals surface area contributed by atoms with E-state index < -0.39 is 16.4 Å². The molecular weight excluding hydrogens is 444 g/mol. The molecule has 4 aliphatic rings. The van der Waals surface area contributed by atoms with Crippen molar-refractivity contribution in [3.05, 3.63) is 23.8 Å². The largest absolute Gasteiger partial charge is 0.462 e. The Morgan fingerprint density at radius 1 is 1.09 bits per heavy atom. The van der Waals surface area contributed by atoms with E-state index in [0.29, 0.717) is 36.0 Å². The highest BCUT2D eigenvalue weighted by Gasteiger charge is 2.67. The molecule has 0 radical (unpaired) electrons. The Bertz CT molecular complexity index is 848. The Morgan fingerprint density at radius 2 is 1.79 bits per heavy atom. The highest BCUT2D eigenvalue weighted by Crippen LogP contribution is 2.68. The van der Waals surface area contributed by atoms with Gasteiger partial charge in [-0.1, -0.05) is 65.3 Å². The fourth-order valence-corrected chi connectivity index (χ4v) is 9.03. The van der Waals surface area contributed by atoms with Crippen molar-refractivity contribution in [3.63, 3.8) is 0 Å². The van der Waals surface area contributed by atoms with Crippen molar-refractivity contribution in [2.24, 2.45) is 46.3 Å². The van der Waals surface area contributed by atoms with Gasteiger partial charge in [-0.3, -0.25) is 4.79 Å². The van der Waals surface area contributed by atoms with Crippen LogP contribution in [-0.2, 0) is 9.53 Å². The van der Waals surface area contributed by atoms with Crippen LogP contribution in [0.4, 0.5) is 0 Å². The van der Waals surface area contributed by atoms with E-state index >= 15 is 0 Å². The molecule has 0 saturated heterocycles. The van der Waals surface area contributed by atoms with Gasteiger partial charge >= 0.3 is 5.97 Å². The molecule has 0 bridgehead atoms. The molecule has 192 valence electrons. The number of ether oxygens (including phenoxy) is 1. The molecule has 4 aliphatic carbocycles. The zero-order chi connectivity index (χ0) is 25.1. The van der Waals surface area contributed by atoms with Crippen molar-refractivity contribution in [3.8, 4) is 0 Å². The number of esters is 1. The molecule has 1 unspecified atom stereocenters. The first-order valence-corrected chi connectivity index (χ1v) is 14.2. The number of alkyl halides is 1. The Hall–Kier alpha value is -0.800. The van der Waals surface area contributed by atoms with Gasteiger partial charge in [0.2, 0.25) is 0 Å². The Balaban J connectivity index is 1.66. The molecule has 3 saturated carbocycles. The maximum atomic E-state index is 12.0. The summed E-state index contributed by atoms with van der Waals surface area (Å²) in [5.74, 6) is 2.95. The van der Waals surface area contributed by atoms with Crippen LogP contribution >= 0.6 is 11.6 Å². The second kappa shape index (κ2) is 9.25. The second-order valence-corrected chi connectivity index (χ2v) is 13.4. The lowest BCUT2D eigenvalue weighted by Gasteiger charge is -2.63. The molecule has 10 atom stereocenters. The van der Waals surface area contributed by atoms with Gasteiger partial charge in [-0.15, -0.1) is 11.6 Å². The molecular formula is C30H47ClO3. The molecule has 3 nitrogen and oxygen atoms in total. The molecule has 0 aromatic carbocycles. The maximum absolute atomic E-state index is 12.0. The van der Waals surface area contributed by atoms with Gasteiger partial charge in [0.25, 0.3) is 0 Å². The minimum absolute atomic E-state index is 0.223. The number of carbonyl (C=O) groups is 1. The van der Waals surface area contributed by atoms with Crippen molar-refractivity contribution >= 4 is 17.6 Å². The van der Waals surface area contributed by atoms with E-state index in [-0.39, 0.29) is 23.4 Å². The Morgan fingerprint density at radius 3 is 2.44 bits per heavy atom. The first-order chi connectivity index (χ1) is 15.9. The topological polar surface area (TPSA) is 46.5 Å². The van der Waals surface area contributed by atoms with Crippen molar-refractivity contribution in [1.29, 1.82) is 0 Å². The van der Waals surface area contributed by atoms with Gasteiger partial charge < -0.3 is 9.84 Å². The third-order valence-electron chi connectivity index (χ3n) is 11.0. The lowest BCUT2D eigenvalue weighted by atomic mass is 9.45. The fourth-order valence-electron chi connectivity index (χ4n) is 8.54. The molecule has 0 aliphatic heterocycles. The molecule has 0 spiro atoms. The van der Waals surface area contributed by atoms with Crippen molar-refractivity contribution in [2.75, 3.05) is 0 Å². The molecule has 34 heavy (non-hydrogen) atoms. The molecule has 0 aromatic rings. The van der Waals surface area contributed by atoms with Crippen LogP contribution in [0.5, 0.6) is 0 Å². The van der Waals surface area contributed by atoms with Gasteiger partial charge in [0, 0.05) is 12.3 Å². The highest BCUT2D eigenvalue weighted by atomic mass is 35.5. The SMILES string of the molecule is CC(=O)OC1CCC[C@]2(O)[C@@H](Cl)C=C3[C@@H]4CC[C@H]([C@H](C)/C=C/[C@H](C)C(C)C)[C@@]4(C)CC[C@@H]3[C@@]12C. The number of rotatable bonds is 5. The van der Waals surface area contributed by atoms with E-state index in [4.69, 9.17) is 16.3 Å². The van der Waals surface area contributed by atoms with Crippen LogP contribution in [0, 0.1) is 46.3 Å². The third-order valence-corrected chi connectivity index (χ3v) is 11.5. The van der Waals surface area contributed by atoms with E-state index in [1.54, 1.807) is 0 Å². The predicted octanol–water partition coefficient (Wildman–Crippen LogP) is 7.31. The van der Waals surface area contributed by atoms with Crippen molar-refractivity contribution < 1.29 is 14.6 Å². The average molecular weight is 491 g/mol. The van der Waals surface area contributed by atoms with Gasteiger partial charge in [-0.2, -0.15) is 0 Å². The first-order valence-electron chi connectivity index (χ1n) is 13.8. The summed E-state index contributed by atoms with van der Waals surface area (Å²) in [6.07, 6.45) is 13.8. The summed E-state index contributed by atoms with van der Waals surface area (Å²) in [4.78, 5) is 12.0. The highest BCUT2D eigenvalue weighted by molar-refractivity contribution is 6.22. The maximum Gasteiger partial charge on any atom is 0.302 e. The molecule has 4 rings (SSSR count). The lowest BCUT2D eigenvalue weighted by Crippen LogP contribution is -2.67. The molecule has 1 N–H and O–H groups in total. The van der Waals surface area contributed by atoms with Crippen LogP contribution in [0.1, 0.15) is 93.4 Å². The van der Waals surface area contributed by atoms with E-state index in [0.717, 1.165) is 25.7 Å². The summed E-state index contributed by atoms with van der Waals surface area (Å²) in [6, 6.07) is 0. The average Bonchev–Trinajstić information content (AvgIpc) is 3.11. The van der Waals surface area contributed by atoms with E-state index in [2.05, 4.69) is 59.8 Å². The van der Waals surface area contributed by atoms with Gasteiger partial charge in [-0.25, -0.2) is 0 Å². The van der Waals surface area contributed by atoms with E-state index in [9.17, 15) is 9.90 Å². The standard InChI is InChI=1S/C30H47ClO3/c1-18(2)19(3)10-11-20(4)23-12-13-24-22-17-26(31)30(33)15-8-9-27(34-21(5)32)29(30,7)25(22)14-16-28(23,24)6/h10-11,17-20,23-27,33H,8-9,12-16H2,1-7H3/b11-10+/t19-,20+,23+,24-,25-,26-,27?,28+,29-,30-/m0/s1. The quantitative estimate of drug-likeness (QED) is 0.249. The van der Waals surface area contributed by atoms with Crippen LogP contribution in [0.2, 0.25) is 0 Å². The van der Waals surface area contributed by atoms with Crippen LogP contribution in [0.25, 0.3) is 0 Å². The molecule has 4 heteroatoms. The summed E-state index contributed by atoms with van der Waals surface area (Å²) in [7, 11) is 0. The fraction of sp³-hybridized carbons (Fsp3) is 0.833. The normalized spacial score (nSPS) is 45.8. The number of carbonyl (C=O) groups excluding carboxylic acids is 1. The Kier molecular flexibility index (Phi) is 7.15. The second-order valence-electron chi connectivity index (χ2n) is 12.9. The summed E-state index contributed by atoms with van der Waals surface area (Å²) in [6.45, 7) is 15.5. The molecule has 0 amide bonds. The minimum atomic E-state index is -1.03. The van der Waals surface area contributed by atoms with Crippen LogP contribution in [0.15, 0.2) is 23.8 Å². The number of aliphatic hydroxyl groups is 1. The third kappa shape index (κ3) is 3.92. The zero-order valence-corrected chi connectivity index (χ0v) is 23.2. The number of hydrogen-bond acceptors (Lipinski definition) is 3. The summed E-state index contributed by atoms with van der Waals surface area (Å²) < 4.78 is 5.90. The molecule has 0 aromatic heterocycles. The zero-order valence-electron chi connectivity index (χ0n) is 22.4. The van der Waals surface area contributed by atoms with Gasteiger partial charge in [0.05, 0.1) is 11.0 Å². The van der Waals surface area contributed by atoms with Crippen LogP contribution in [0.3, 0.4) is 0 Å². The minimum Gasteiger partial charge on any atom is -0.462 e. The van der Waals surface area contributed by atoms with Gasteiger partial charge in [0.15, 0.2) is 0 Å². The summed E-state index contributed by atoms with van der Waals surface area (Å²) >= 11 is 7.01. The number of fused-ring (bicyclic) bond motifs is 5. The number of hydrogen-bond donors (Lipinski definition) is 1. The predicted molar refractivity (Wildman–Crippen MR) is 140 cm³/mol. The van der Waals surface area contributed by atoms with Crippen molar-refractivity contribution in [1.82, 2.24) is 0 Å². The van der Waals surface area contributed by atoms with Crippen LogP contribution in [-0.4, -0.2) is 28.2 Å². The summed E-state index contributed by atoms with van der Waals surface area (Å²) in [5.41, 5.74) is 0.136. The van der Waals surface area contributed by atoms with E-state index in [1.807, 2.05) is 0 Å². The number of halogens is 1. The Labute approximate surface area is 212 Å². The van der Waals surface area contributed by atoms with Crippen LogP contribution < -0.4 is 0 Å². The molecule has 3 fully saturated rings. The lowest BCUT2D eigenvalue weighted by molar-refractivity contribution is -0.210. The van der Waals surface area contributed by atoms with Gasteiger partial charge in [-0.05, 0) is 85.9 Å². The van der Waals surface area contributed by atoms with Gasteiger partial charge in [0.1, 0.15) is 6.10 Å². The first kappa shape index (κ1) is 26.3. The smallest absolute Gasteiger partial charge is 0.302 e. The summed E-state index contributed by atoms with van der Waals surface area (Å²) in [5, 5.41) is 11.5. The monoisotopic (exact) mass is 490 g/mol. The number of allylic oxidation sites excluding steroid dienone is 3. The molecule has 0 heterocycles. The van der Waals surface area contributed by atoms with E-state index in [1.165, 1.54) is 25.3 Å².